The maximum atomic E-state index is 14.1. The molecule has 0 aromatic heterocycles. The molecule has 1 saturated heterocycles. The maximum absolute atomic E-state index is 14.1. The van der Waals surface area contributed by atoms with Gasteiger partial charge in [0, 0.05) is 11.8 Å². The molecule has 0 spiro atoms. The van der Waals surface area contributed by atoms with Gasteiger partial charge in [-0.2, -0.15) is 0 Å². The third-order valence-electron chi connectivity index (χ3n) is 6.16. The van der Waals surface area contributed by atoms with Crippen molar-refractivity contribution in [1.82, 2.24) is 0 Å². The van der Waals surface area contributed by atoms with Crippen LogP contribution in [0.25, 0.3) is 5.76 Å². The molecular weight excluding hydrogens is 468 g/mol. The van der Waals surface area contributed by atoms with Crippen LogP contribution in [-0.2, 0) is 15.0 Å². The van der Waals surface area contributed by atoms with Crippen LogP contribution < -0.4 is 9.64 Å². The Morgan fingerprint density at radius 1 is 0.944 bits per heavy atom. The van der Waals surface area contributed by atoms with Gasteiger partial charge < -0.3 is 14.9 Å². The van der Waals surface area contributed by atoms with Gasteiger partial charge in [-0.25, -0.2) is 8.78 Å². The number of aromatic hydroxyl groups is 1. The molecule has 4 rings (SSSR count). The number of nitrogens with zero attached hydrogens (tertiary/aromatic N) is 1. The molecule has 0 aliphatic carbocycles. The van der Waals surface area contributed by atoms with Crippen LogP contribution in [0.3, 0.4) is 0 Å². The van der Waals surface area contributed by atoms with E-state index in [1.54, 1.807) is 12.1 Å². The lowest BCUT2D eigenvalue weighted by molar-refractivity contribution is -0.132. The first-order valence-corrected chi connectivity index (χ1v) is 11.2. The van der Waals surface area contributed by atoms with Crippen molar-refractivity contribution < 1.29 is 33.3 Å². The summed E-state index contributed by atoms with van der Waals surface area (Å²) in [5, 5.41) is 21.2. The van der Waals surface area contributed by atoms with E-state index in [9.17, 15) is 28.6 Å². The minimum atomic E-state index is -1.20. The molecule has 6 nitrogen and oxygen atoms in total. The molecule has 1 aliphatic rings. The lowest BCUT2D eigenvalue weighted by Gasteiger charge is -2.26. The summed E-state index contributed by atoms with van der Waals surface area (Å²) in [4.78, 5) is 27.5. The van der Waals surface area contributed by atoms with Crippen molar-refractivity contribution in [3.05, 3.63) is 94.6 Å². The molecule has 1 atom stereocenters. The van der Waals surface area contributed by atoms with Crippen LogP contribution in [0.5, 0.6) is 11.5 Å². The molecule has 36 heavy (non-hydrogen) atoms. The Hall–Kier alpha value is -4.20. The lowest BCUT2D eigenvalue weighted by Crippen LogP contribution is -2.29. The summed E-state index contributed by atoms with van der Waals surface area (Å²) < 4.78 is 33.2. The van der Waals surface area contributed by atoms with Crippen LogP contribution in [0.15, 0.2) is 66.2 Å². The molecule has 2 N–H and O–H groups in total. The van der Waals surface area contributed by atoms with E-state index in [0.29, 0.717) is 5.56 Å². The van der Waals surface area contributed by atoms with E-state index in [1.807, 2.05) is 26.8 Å². The molecule has 0 saturated carbocycles. The van der Waals surface area contributed by atoms with Crippen LogP contribution in [0.2, 0.25) is 0 Å². The van der Waals surface area contributed by atoms with Gasteiger partial charge in [0.2, 0.25) is 0 Å². The zero-order chi connectivity index (χ0) is 26.4. The first-order valence-electron chi connectivity index (χ1n) is 11.2. The van der Waals surface area contributed by atoms with Gasteiger partial charge in [-0.3, -0.25) is 14.5 Å². The number of ketones is 1. The average molecular weight is 494 g/mol. The second kappa shape index (κ2) is 9.11. The summed E-state index contributed by atoms with van der Waals surface area (Å²) in [5.74, 6) is -4.57. The Bertz CT molecular complexity index is 1390. The number of phenols is 1. The minimum absolute atomic E-state index is 0.0527. The standard InChI is InChI=1S/C28H25F2NO5/c1-28(2,3)16-7-12-22(36-4)19(13-16)25(33)23-24(15-5-9-18(32)10-6-15)31(27(35)26(23)34)17-8-11-20(29)21(30)14-17/h5-14,24,32-33H,1-4H3/b25-23+. The molecule has 1 heterocycles. The number of phenolic OH excluding ortho intramolecular Hbond substituents is 1. The van der Waals surface area contributed by atoms with Crippen molar-refractivity contribution in [2.75, 3.05) is 12.0 Å². The molecular formula is C28H25F2NO5. The Kier molecular flexibility index (Phi) is 6.30. The SMILES string of the molecule is COc1ccc(C(C)(C)C)cc1/C(O)=C1\C(=O)C(=O)N(c2ccc(F)c(F)c2)C1c1ccc(O)cc1. The molecule has 8 heteroatoms. The molecule has 0 bridgehead atoms. The highest BCUT2D eigenvalue weighted by Crippen LogP contribution is 2.44. The predicted octanol–water partition coefficient (Wildman–Crippen LogP) is 5.60. The summed E-state index contributed by atoms with van der Waals surface area (Å²) in [6.07, 6.45) is 0. The number of rotatable bonds is 4. The number of halogens is 2. The summed E-state index contributed by atoms with van der Waals surface area (Å²) in [6.45, 7) is 5.95. The van der Waals surface area contributed by atoms with E-state index in [0.717, 1.165) is 22.6 Å². The third-order valence-corrected chi connectivity index (χ3v) is 6.16. The molecule has 3 aromatic rings. The topological polar surface area (TPSA) is 87.1 Å². The zero-order valence-electron chi connectivity index (χ0n) is 20.2. The number of carbonyl (C=O) groups is 2. The van der Waals surface area contributed by atoms with Gasteiger partial charge in [0.05, 0.1) is 24.3 Å². The quantitative estimate of drug-likeness (QED) is 0.281. The van der Waals surface area contributed by atoms with Gasteiger partial charge in [0.1, 0.15) is 17.3 Å². The van der Waals surface area contributed by atoms with Crippen molar-refractivity contribution in [3.63, 3.8) is 0 Å². The van der Waals surface area contributed by atoms with Crippen LogP contribution in [0.1, 0.15) is 43.5 Å². The van der Waals surface area contributed by atoms with Gasteiger partial charge in [-0.05, 0) is 52.9 Å². The van der Waals surface area contributed by atoms with Crippen molar-refractivity contribution >= 4 is 23.1 Å². The Morgan fingerprint density at radius 3 is 2.19 bits per heavy atom. The van der Waals surface area contributed by atoms with Gasteiger partial charge in [-0.15, -0.1) is 0 Å². The monoisotopic (exact) mass is 493 g/mol. The van der Waals surface area contributed by atoms with E-state index in [1.165, 1.54) is 37.4 Å². The van der Waals surface area contributed by atoms with Crippen molar-refractivity contribution in [2.45, 2.75) is 32.2 Å². The van der Waals surface area contributed by atoms with Crippen LogP contribution in [0.4, 0.5) is 14.5 Å². The summed E-state index contributed by atoms with van der Waals surface area (Å²) in [5.41, 5.74) is 0.806. The number of methoxy groups -OCH3 is 1. The molecule has 0 radical (unpaired) electrons. The second-order valence-corrected chi connectivity index (χ2v) is 9.52. The van der Waals surface area contributed by atoms with Gasteiger partial charge in [0.15, 0.2) is 11.6 Å². The van der Waals surface area contributed by atoms with Gasteiger partial charge >= 0.3 is 0 Å². The Labute approximate surface area is 207 Å². The zero-order valence-corrected chi connectivity index (χ0v) is 20.2. The fourth-order valence-electron chi connectivity index (χ4n) is 4.21. The Morgan fingerprint density at radius 2 is 1.61 bits per heavy atom. The molecule has 1 amide bonds. The van der Waals surface area contributed by atoms with Crippen molar-refractivity contribution in [3.8, 4) is 11.5 Å². The van der Waals surface area contributed by atoms with E-state index in [-0.39, 0.29) is 33.7 Å². The van der Waals surface area contributed by atoms with E-state index in [4.69, 9.17) is 4.74 Å². The number of hydrogen-bond donors (Lipinski definition) is 2. The van der Waals surface area contributed by atoms with Gasteiger partial charge in [0.25, 0.3) is 11.7 Å². The van der Waals surface area contributed by atoms with Crippen LogP contribution in [-0.4, -0.2) is 29.0 Å². The number of benzene rings is 3. The second-order valence-electron chi connectivity index (χ2n) is 9.52. The molecule has 1 aliphatic heterocycles. The number of ether oxygens (including phenoxy) is 1. The number of aliphatic hydroxyl groups is 1. The molecule has 3 aromatic carbocycles. The van der Waals surface area contributed by atoms with E-state index >= 15 is 0 Å². The van der Waals surface area contributed by atoms with Crippen LogP contribution >= 0.6 is 0 Å². The first-order chi connectivity index (χ1) is 16.9. The summed E-state index contributed by atoms with van der Waals surface area (Å²) in [6, 6.07) is 12.5. The van der Waals surface area contributed by atoms with Crippen molar-refractivity contribution in [2.24, 2.45) is 0 Å². The first kappa shape index (κ1) is 24.9. The number of amides is 1. The van der Waals surface area contributed by atoms with E-state index in [2.05, 4.69) is 0 Å². The fourth-order valence-corrected chi connectivity index (χ4v) is 4.21. The summed E-state index contributed by atoms with van der Waals surface area (Å²) >= 11 is 0. The summed E-state index contributed by atoms with van der Waals surface area (Å²) in [7, 11) is 1.42. The highest BCUT2D eigenvalue weighted by atomic mass is 19.2. The number of aliphatic hydroxyl groups excluding tert-OH is 1. The third kappa shape index (κ3) is 4.30. The van der Waals surface area contributed by atoms with E-state index < -0.39 is 35.1 Å². The largest absolute Gasteiger partial charge is 0.508 e. The number of hydrogen-bond acceptors (Lipinski definition) is 5. The molecule has 1 fully saturated rings. The van der Waals surface area contributed by atoms with Gasteiger partial charge in [-0.1, -0.05) is 39.0 Å². The Balaban J connectivity index is 2.00. The predicted molar refractivity (Wildman–Crippen MR) is 131 cm³/mol. The average Bonchev–Trinajstić information content (AvgIpc) is 3.10. The lowest BCUT2D eigenvalue weighted by atomic mass is 9.85. The molecule has 186 valence electrons. The molecule has 1 unspecified atom stereocenters. The fraction of sp³-hybridized carbons (Fsp3) is 0.214. The minimum Gasteiger partial charge on any atom is -0.508 e. The maximum Gasteiger partial charge on any atom is 0.300 e. The highest BCUT2D eigenvalue weighted by molar-refractivity contribution is 6.51. The highest BCUT2D eigenvalue weighted by Gasteiger charge is 2.47. The number of anilines is 1. The number of carbonyl (C=O) groups excluding carboxylic acids is 2. The normalized spacial score (nSPS) is 17.5. The van der Waals surface area contributed by atoms with Crippen molar-refractivity contribution in [1.29, 1.82) is 0 Å². The number of Topliss-reactive ketones (excluding diaryl/α,β-unsaturated/α-hetero) is 1. The van der Waals surface area contributed by atoms with Crippen LogP contribution in [0, 0.1) is 11.6 Å². The smallest absolute Gasteiger partial charge is 0.300 e.